The van der Waals surface area contributed by atoms with Crippen LogP contribution < -0.4 is 10.2 Å². The molecule has 1 fully saturated rings. The number of hydrogen-bond donors (Lipinski definition) is 1. The van der Waals surface area contributed by atoms with Gasteiger partial charge in [-0.25, -0.2) is 8.78 Å². The minimum atomic E-state index is -0.524. The zero-order valence-electron chi connectivity index (χ0n) is 11.0. The number of benzene rings is 1. The molecule has 100 valence electrons. The molecule has 0 unspecified atom stereocenters. The van der Waals surface area contributed by atoms with E-state index in [0.717, 1.165) is 38.5 Å². The van der Waals surface area contributed by atoms with Crippen LogP contribution in [0.2, 0.25) is 0 Å². The minimum Gasteiger partial charge on any atom is -0.366 e. The van der Waals surface area contributed by atoms with Crippen molar-refractivity contribution in [1.82, 2.24) is 5.32 Å². The normalized spacial score (nSPS) is 19.0. The van der Waals surface area contributed by atoms with Gasteiger partial charge in [-0.2, -0.15) is 0 Å². The molecule has 0 saturated carbocycles. The first-order valence-electron chi connectivity index (χ1n) is 6.55. The third-order valence-electron chi connectivity index (χ3n) is 3.98. The molecule has 2 nitrogen and oxygen atoms in total. The minimum absolute atomic E-state index is 0.0408. The van der Waals surface area contributed by atoms with Crippen molar-refractivity contribution in [3.05, 3.63) is 29.8 Å². The Balaban J connectivity index is 2.23. The lowest BCUT2D eigenvalue weighted by atomic mass is 9.90. The van der Waals surface area contributed by atoms with Crippen molar-refractivity contribution in [2.75, 3.05) is 24.5 Å². The number of halogens is 2. The molecule has 1 N–H and O–H groups in total. The molecule has 1 aromatic rings. The van der Waals surface area contributed by atoms with Crippen LogP contribution in [0.25, 0.3) is 0 Å². The van der Waals surface area contributed by atoms with Crippen molar-refractivity contribution in [3.8, 4) is 0 Å². The maximum atomic E-state index is 13.8. The van der Waals surface area contributed by atoms with Crippen LogP contribution in [0.5, 0.6) is 0 Å². The Morgan fingerprint density at radius 1 is 1.28 bits per heavy atom. The number of nitrogens with one attached hydrogen (secondary N) is 1. The number of piperazine rings is 1. The SMILES string of the molecule is CCC1(CC)CN(c2ccc(F)cc2F)CCN1. The summed E-state index contributed by atoms with van der Waals surface area (Å²) in [6.45, 7) is 6.63. The fourth-order valence-corrected chi connectivity index (χ4v) is 2.62. The Hall–Kier alpha value is -1.16. The summed E-state index contributed by atoms with van der Waals surface area (Å²) in [5, 5.41) is 3.52. The molecule has 0 amide bonds. The van der Waals surface area contributed by atoms with Crippen molar-refractivity contribution >= 4 is 5.69 Å². The highest BCUT2D eigenvalue weighted by atomic mass is 19.1. The van der Waals surface area contributed by atoms with E-state index in [1.54, 1.807) is 0 Å². The van der Waals surface area contributed by atoms with Crippen LogP contribution in [0, 0.1) is 11.6 Å². The van der Waals surface area contributed by atoms with Crippen molar-refractivity contribution in [1.29, 1.82) is 0 Å². The van der Waals surface area contributed by atoms with Gasteiger partial charge in [0.05, 0.1) is 5.69 Å². The van der Waals surface area contributed by atoms with Crippen LogP contribution in [0.3, 0.4) is 0 Å². The van der Waals surface area contributed by atoms with E-state index in [1.807, 2.05) is 4.90 Å². The summed E-state index contributed by atoms with van der Waals surface area (Å²) >= 11 is 0. The molecule has 0 atom stereocenters. The van der Waals surface area contributed by atoms with E-state index >= 15 is 0 Å². The van der Waals surface area contributed by atoms with Crippen molar-refractivity contribution in [3.63, 3.8) is 0 Å². The van der Waals surface area contributed by atoms with Gasteiger partial charge in [0.2, 0.25) is 0 Å². The number of anilines is 1. The summed E-state index contributed by atoms with van der Waals surface area (Å²) in [6, 6.07) is 3.81. The van der Waals surface area contributed by atoms with Crippen molar-refractivity contribution < 1.29 is 8.78 Å². The zero-order chi connectivity index (χ0) is 13.2. The quantitative estimate of drug-likeness (QED) is 0.892. The highest BCUT2D eigenvalue weighted by Gasteiger charge is 2.32. The summed E-state index contributed by atoms with van der Waals surface area (Å²) in [5.41, 5.74) is 0.545. The Morgan fingerprint density at radius 3 is 2.61 bits per heavy atom. The summed E-state index contributed by atoms with van der Waals surface area (Å²) in [6.07, 6.45) is 2.01. The summed E-state index contributed by atoms with van der Waals surface area (Å²) in [4.78, 5) is 2.01. The van der Waals surface area contributed by atoms with E-state index in [9.17, 15) is 8.78 Å². The first-order valence-corrected chi connectivity index (χ1v) is 6.55. The highest BCUT2D eigenvalue weighted by molar-refractivity contribution is 5.49. The van der Waals surface area contributed by atoms with Gasteiger partial charge >= 0.3 is 0 Å². The second-order valence-electron chi connectivity index (χ2n) is 4.93. The molecule has 0 bridgehead atoms. The standard InChI is InChI=1S/C14H20F2N2/c1-3-14(4-2)10-18(8-7-17-14)13-6-5-11(15)9-12(13)16/h5-6,9,17H,3-4,7-8,10H2,1-2H3. The molecule has 1 aromatic carbocycles. The van der Waals surface area contributed by atoms with Crippen LogP contribution in [-0.4, -0.2) is 25.2 Å². The lowest BCUT2D eigenvalue weighted by Crippen LogP contribution is -2.60. The van der Waals surface area contributed by atoms with E-state index in [2.05, 4.69) is 19.2 Å². The molecule has 0 aromatic heterocycles. The Bertz CT molecular complexity index is 416. The predicted octanol–water partition coefficient (Wildman–Crippen LogP) is 2.93. The Labute approximate surface area is 107 Å². The van der Waals surface area contributed by atoms with Crippen LogP contribution in [0.1, 0.15) is 26.7 Å². The van der Waals surface area contributed by atoms with Crippen LogP contribution in [0.4, 0.5) is 14.5 Å². The maximum absolute atomic E-state index is 13.8. The van der Waals surface area contributed by atoms with Gasteiger partial charge in [-0.3, -0.25) is 0 Å². The van der Waals surface area contributed by atoms with Crippen LogP contribution >= 0.6 is 0 Å². The van der Waals surface area contributed by atoms with E-state index in [4.69, 9.17) is 0 Å². The smallest absolute Gasteiger partial charge is 0.149 e. The lowest BCUT2D eigenvalue weighted by Gasteiger charge is -2.44. The molecule has 1 aliphatic rings. The fourth-order valence-electron chi connectivity index (χ4n) is 2.62. The maximum Gasteiger partial charge on any atom is 0.149 e. The molecule has 0 aliphatic carbocycles. The number of rotatable bonds is 3. The van der Waals surface area contributed by atoms with Crippen LogP contribution in [-0.2, 0) is 0 Å². The third-order valence-corrected chi connectivity index (χ3v) is 3.98. The zero-order valence-corrected chi connectivity index (χ0v) is 11.0. The van der Waals surface area contributed by atoms with Gasteiger partial charge in [-0.05, 0) is 25.0 Å². The van der Waals surface area contributed by atoms with E-state index in [0.29, 0.717) is 5.69 Å². The van der Waals surface area contributed by atoms with Gasteiger partial charge in [0.1, 0.15) is 11.6 Å². The molecule has 1 aliphatic heterocycles. The second kappa shape index (κ2) is 5.22. The molecule has 0 radical (unpaired) electrons. The van der Waals surface area contributed by atoms with Crippen molar-refractivity contribution in [2.24, 2.45) is 0 Å². The largest absolute Gasteiger partial charge is 0.366 e. The first-order chi connectivity index (χ1) is 8.60. The fraction of sp³-hybridized carbons (Fsp3) is 0.571. The lowest BCUT2D eigenvalue weighted by molar-refractivity contribution is 0.276. The summed E-state index contributed by atoms with van der Waals surface area (Å²) in [7, 11) is 0. The predicted molar refractivity (Wildman–Crippen MR) is 69.9 cm³/mol. The van der Waals surface area contributed by atoms with Gasteiger partial charge in [0.25, 0.3) is 0 Å². The van der Waals surface area contributed by atoms with Gasteiger partial charge in [-0.15, -0.1) is 0 Å². The van der Waals surface area contributed by atoms with Gasteiger partial charge in [-0.1, -0.05) is 13.8 Å². The van der Waals surface area contributed by atoms with Gasteiger partial charge in [0.15, 0.2) is 0 Å². The molecule has 18 heavy (non-hydrogen) atoms. The Morgan fingerprint density at radius 2 is 2.00 bits per heavy atom. The molecule has 1 saturated heterocycles. The van der Waals surface area contributed by atoms with E-state index < -0.39 is 11.6 Å². The molecular weight excluding hydrogens is 234 g/mol. The molecule has 1 heterocycles. The van der Waals surface area contributed by atoms with E-state index in [1.165, 1.54) is 12.1 Å². The molecular formula is C14H20F2N2. The van der Waals surface area contributed by atoms with Gasteiger partial charge < -0.3 is 10.2 Å². The van der Waals surface area contributed by atoms with Crippen molar-refractivity contribution in [2.45, 2.75) is 32.2 Å². The number of nitrogens with zero attached hydrogens (tertiary/aromatic N) is 1. The Kier molecular flexibility index (Phi) is 3.85. The second-order valence-corrected chi connectivity index (χ2v) is 4.93. The number of hydrogen-bond acceptors (Lipinski definition) is 2. The first kappa shape index (κ1) is 13.3. The average Bonchev–Trinajstić information content (AvgIpc) is 2.38. The van der Waals surface area contributed by atoms with E-state index in [-0.39, 0.29) is 5.54 Å². The molecule has 2 rings (SSSR count). The third kappa shape index (κ3) is 2.48. The monoisotopic (exact) mass is 254 g/mol. The average molecular weight is 254 g/mol. The summed E-state index contributed by atoms with van der Waals surface area (Å²) < 4.78 is 26.7. The summed E-state index contributed by atoms with van der Waals surface area (Å²) in [5.74, 6) is -0.998. The highest BCUT2D eigenvalue weighted by Crippen LogP contribution is 2.26. The van der Waals surface area contributed by atoms with Gasteiger partial charge in [0, 0.05) is 31.2 Å². The molecule has 0 spiro atoms. The van der Waals surface area contributed by atoms with Crippen LogP contribution in [0.15, 0.2) is 18.2 Å². The molecule has 4 heteroatoms. The topological polar surface area (TPSA) is 15.3 Å².